The van der Waals surface area contributed by atoms with Gasteiger partial charge in [-0.15, -0.1) is 12.4 Å². The predicted molar refractivity (Wildman–Crippen MR) is 99.4 cm³/mol. The van der Waals surface area contributed by atoms with Gasteiger partial charge in [0, 0.05) is 25.7 Å². The molecule has 1 fully saturated rings. The molecule has 3 rings (SSSR count). The molecule has 2 aromatic carbocycles. The van der Waals surface area contributed by atoms with Gasteiger partial charge in [0.25, 0.3) is 0 Å². The Balaban J connectivity index is 0.00000192. The van der Waals surface area contributed by atoms with Gasteiger partial charge in [-0.2, -0.15) is 0 Å². The first kappa shape index (κ1) is 18.1. The van der Waals surface area contributed by atoms with Crippen LogP contribution < -0.4 is 10.5 Å². The van der Waals surface area contributed by atoms with Crippen LogP contribution >= 0.6 is 12.4 Å². The number of nitrogens with zero attached hydrogens (tertiary/aromatic N) is 1. The maximum absolute atomic E-state index is 6.23. The Labute approximate surface area is 145 Å². The number of nitrogens with two attached hydrogens (primary N) is 1. The van der Waals surface area contributed by atoms with Crippen molar-refractivity contribution in [1.29, 1.82) is 0 Å². The number of piperidine rings is 1. The fourth-order valence-electron chi connectivity index (χ4n) is 3.38. The van der Waals surface area contributed by atoms with E-state index in [2.05, 4.69) is 49.1 Å². The smallest absolute Gasteiger partial charge is 0.119 e. The molecule has 4 heteroatoms. The lowest BCUT2D eigenvalue weighted by Crippen LogP contribution is -2.52. The highest BCUT2D eigenvalue weighted by Crippen LogP contribution is 2.29. The fourth-order valence-corrected chi connectivity index (χ4v) is 3.38. The molecule has 0 aliphatic carbocycles. The zero-order valence-corrected chi connectivity index (χ0v) is 15.0. The van der Waals surface area contributed by atoms with Crippen molar-refractivity contribution in [2.24, 2.45) is 11.1 Å². The minimum Gasteiger partial charge on any atom is -0.497 e. The van der Waals surface area contributed by atoms with Crippen molar-refractivity contribution in [3.8, 4) is 5.75 Å². The zero-order chi connectivity index (χ0) is 15.7. The molecule has 0 spiro atoms. The summed E-state index contributed by atoms with van der Waals surface area (Å²) in [6, 6.07) is 13.3. The van der Waals surface area contributed by atoms with Crippen molar-refractivity contribution in [3.63, 3.8) is 0 Å². The van der Waals surface area contributed by atoms with E-state index in [1.807, 2.05) is 6.07 Å². The van der Waals surface area contributed by atoms with Crippen LogP contribution in [0.15, 0.2) is 36.4 Å². The van der Waals surface area contributed by atoms with E-state index in [0.29, 0.717) is 6.04 Å². The molecule has 0 aromatic heterocycles. The number of hydrogen-bond acceptors (Lipinski definition) is 3. The summed E-state index contributed by atoms with van der Waals surface area (Å²) in [4.78, 5) is 2.52. The molecule has 126 valence electrons. The first-order valence-corrected chi connectivity index (χ1v) is 8.02. The van der Waals surface area contributed by atoms with Gasteiger partial charge in [-0.3, -0.25) is 4.90 Å². The first-order valence-electron chi connectivity index (χ1n) is 8.02. The lowest BCUT2D eigenvalue weighted by Gasteiger charge is -2.42. The summed E-state index contributed by atoms with van der Waals surface area (Å²) in [6.07, 6.45) is 1.08. The van der Waals surface area contributed by atoms with Gasteiger partial charge < -0.3 is 10.5 Å². The molecule has 0 radical (unpaired) electrons. The van der Waals surface area contributed by atoms with E-state index in [9.17, 15) is 0 Å². The van der Waals surface area contributed by atoms with Crippen LogP contribution in [0.3, 0.4) is 0 Å². The Morgan fingerprint density at radius 3 is 2.57 bits per heavy atom. The minimum atomic E-state index is 0. The quantitative estimate of drug-likeness (QED) is 0.927. The number of benzene rings is 2. The lowest BCUT2D eigenvalue weighted by molar-refractivity contribution is 0.0899. The summed E-state index contributed by atoms with van der Waals surface area (Å²) < 4.78 is 5.29. The van der Waals surface area contributed by atoms with Crippen molar-refractivity contribution in [3.05, 3.63) is 42.0 Å². The molecule has 1 atom stereocenters. The van der Waals surface area contributed by atoms with Crippen LogP contribution in [0.2, 0.25) is 0 Å². The molecule has 1 saturated heterocycles. The average molecular weight is 335 g/mol. The standard InChI is InChI=1S/C19H26N2O.ClH/c1-19(2)13-21(9-8-18(19)20)12-14-4-5-16-11-17(22-3)7-6-15(16)10-14;/h4-7,10-11,18H,8-9,12-13,20H2,1-3H3;1H. The second-order valence-electron chi connectivity index (χ2n) is 7.14. The van der Waals surface area contributed by atoms with E-state index in [4.69, 9.17) is 10.5 Å². The zero-order valence-electron chi connectivity index (χ0n) is 14.2. The third kappa shape index (κ3) is 3.97. The Morgan fingerprint density at radius 1 is 1.17 bits per heavy atom. The van der Waals surface area contributed by atoms with Gasteiger partial charge in [0.15, 0.2) is 0 Å². The lowest BCUT2D eigenvalue weighted by atomic mass is 9.79. The number of hydrogen-bond donors (Lipinski definition) is 1. The first-order chi connectivity index (χ1) is 10.5. The molecular formula is C19H27ClN2O. The van der Waals surface area contributed by atoms with Gasteiger partial charge >= 0.3 is 0 Å². The van der Waals surface area contributed by atoms with E-state index in [-0.39, 0.29) is 17.8 Å². The van der Waals surface area contributed by atoms with Crippen LogP contribution in [0, 0.1) is 5.41 Å². The fraction of sp³-hybridized carbons (Fsp3) is 0.474. The van der Waals surface area contributed by atoms with Crippen molar-refractivity contribution < 1.29 is 4.74 Å². The SMILES string of the molecule is COc1ccc2cc(CN3CCC(N)C(C)(C)C3)ccc2c1.Cl. The van der Waals surface area contributed by atoms with Crippen LogP contribution in [-0.2, 0) is 6.54 Å². The molecule has 2 N–H and O–H groups in total. The van der Waals surface area contributed by atoms with E-state index >= 15 is 0 Å². The number of halogens is 1. The van der Waals surface area contributed by atoms with Crippen LogP contribution in [-0.4, -0.2) is 31.1 Å². The third-order valence-electron chi connectivity index (χ3n) is 4.91. The van der Waals surface area contributed by atoms with Crippen molar-refractivity contribution in [2.45, 2.75) is 32.9 Å². The van der Waals surface area contributed by atoms with E-state index in [1.165, 1.54) is 16.3 Å². The predicted octanol–water partition coefficient (Wildman–Crippen LogP) is 3.83. The van der Waals surface area contributed by atoms with Crippen molar-refractivity contribution >= 4 is 23.2 Å². The highest BCUT2D eigenvalue weighted by atomic mass is 35.5. The number of fused-ring (bicyclic) bond motifs is 1. The Bertz CT molecular complexity index is 671. The molecule has 23 heavy (non-hydrogen) atoms. The highest BCUT2D eigenvalue weighted by Gasteiger charge is 2.33. The second kappa shape index (κ2) is 7.08. The summed E-state index contributed by atoms with van der Waals surface area (Å²) in [5, 5.41) is 2.50. The van der Waals surface area contributed by atoms with Crippen LogP contribution in [0.5, 0.6) is 5.75 Å². The van der Waals surface area contributed by atoms with E-state index in [0.717, 1.165) is 31.8 Å². The molecule has 1 aliphatic rings. The maximum Gasteiger partial charge on any atom is 0.119 e. The molecule has 1 aliphatic heterocycles. The Hall–Kier alpha value is -1.29. The van der Waals surface area contributed by atoms with Crippen LogP contribution in [0.1, 0.15) is 25.8 Å². The van der Waals surface area contributed by atoms with Crippen molar-refractivity contribution in [2.75, 3.05) is 20.2 Å². The van der Waals surface area contributed by atoms with Crippen LogP contribution in [0.4, 0.5) is 0 Å². The minimum absolute atomic E-state index is 0. The van der Waals surface area contributed by atoms with Gasteiger partial charge in [0.2, 0.25) is 0 Å². The Kier molecular flexibility index (Phi) is 5.56. The van der Waals surface area contributed by atoms with Gasteiger partial charge in [-0.25, -0.2) is 0 Å². The molecule has 3 nitrogen and oxygen atoms in total. The molecule has 1 unspecified atom stereocenters. The monoisotopic (exact) mass is 334 g/mol. The second-order valence-corrected chi connectivity index (χ2v) is 7.14. The molecular weight excluding hydrogens is 308 g/mol. The Morgan fingerprint density at radius 2 is 1.87 bits per heavy atom. The van der Waals surface area contributed by atoms with Gasteiger partial charge in [0.05, 0.1) is 7.11 Å². The number of methoxy groups -OCH3 is 1. The van der Waals surface area contributed by atoms with Gasteiger partial charge in [-0.1, -0.05) is 32.0 Å². The highest BCUT2D eigenvalue weighted by molar-refractivity contribution is 5.85. The summed E-state index contributed by atoms with van der Waals surface area (Å²) >= 11 is 0. The molecule has 0 saturated carbocycles. The number of likely N-dealkylation sites (tertiary alicyclic amines) is 1. The van der Waals surface area contributed by atoms with Crippen molar-refractivity contribution in [1.82, 2.24) is 4.90 Å². The summed E-state index contributed by atoms with van der Waals surface area (Å²) in [6.45, 7) is 7.70. The normalized spacial score (nSPS) is 21.0. The summed E-state index contributed by atoms with van der Waals surface area (Å²) in [5.74, 6) is 0.909. The molecule has 2 aromatic rings. The van der Waals surface area contributed by atoms with E-state index in [1.54, 1.807) is 7.11 Å². The van der Waals surface area contributed by atoms with Crippen LogP contribution in [0.25, 0.3) is 10.8 Å². The number of ether oxygens (including phenoxy) is 1. The molecule has 1 heterocycles. The molecule has 0 amide bonds. The largest absolute Gasteiger partial charge is 0.497 e. The molecule has 0 bridgehead atoms. The van der Waals surface area contributed by atoms with E-state index < -0.39 is 0 Å². The van der Waals surface area contributed by atoms with Gasteiger partial charge in [-0.05, 0) is 46.4 Å². The number of rotatable bonds is 3. The average Bonchev–Trinajstić information content (AvgIpc) is 2.50. The topological polar surface area (TPSA) is 38.5 Å². The summed E-state index contributed by atoms with van der Waals surface area (Å²) in [5.41, 5.74) is 7.79. The summed E-state index contributed by atoms with van der Waals surface area (Å²) in [7, 11) is 1.71. The third-order valence-corrected chi connectivity index (χ3v) is 4.91. The maximum atomic E-state index is 6.23. The van der Waals surface area contributed by atoms with Gasteiger partial charge in [0.1, 0.15) is 5.75 Å².